The van der Waals surface area contributed by atoms with Gasteiger partial charge in [-0.05, 0) is 43.6 Å². The van der Waals surface area contributed by atoms with Gasteiger partial charge in [-0.3, -0.25) is 4.79 Å². The summed E-state index contributed by atoms with van der Waals surface area (Å²) in [7, 11) is 0. The zero-order valence-electron chi connectivity index (χ0n) is 9.99. The highest BCUT2D eigenvalue weighted by molar-refractivity contribution is 5.70. The van der Waals surface area contributed by atoms with Crippen molar-refractivity contribution in [1.82, 2.24) is 5.32 Å². The summed E-state index contributed by atoms with van der Waals surface area (Å²) in [6.45, 7) is 1.76. The lowest BCUT2D eigenvalue weighted by Crippen LogP contribution is -2.34. The van der Waals surface area contributed by atoms with Crippen molar-refractivity contribution in [3.05, 3.63) is 29.6 Å². The molecular formula is C13H16FNO3. The summed E-state index contributed by atoms with van der Waals surface area (Å²) in [6.07, 6.45) is 1.57. The van der Waals surface area contributed by atoms with Crippen LogP contribution >= 0.6 is 0 Å². The molecule has 2 rings (SSSR count). The van der Waals surface area contributed by atoms with E-state index in [2.05, 4.69) is 5.32 Å². The predicted octanol–water partition coefficient (Wildman–Crippen LogP) is 1.58. The summed E-state index contributed by atoms with van der Waals surface area (Å²) in [5.41, 5.74) is 0.442. The maximum atomic E-state index is 13.7. The van der Waals surface area contributed by atoms with E-state index in [4.69, 9.17) is 9.84 Å². The molecule has 0 radical (unpaired) electrons. The van der Waals surface area contributed by atoms with E-state index < -0.39 is 11.8 Å². The molecule has 0 amide bonds. The average molecular weight is 253 g/mol. The molecule has 0 bridgehead atoms. The minimum Gasteiger partial charge on any atom is -0.487 e. The summed E-state index contributed by atoms with van der Waals surface area (Å²) in [6, 6.07) is 4.33. The Bertz CT molecular complexity index is 430. The third-order valence-corrected chi connectivity index (χ3v) is 2.93. The maximum Gasteiger partial charge on any atom is 0.307 e. The van der Waals surface area contributed by atoms with Crippen LogP contribution in [0.15, 0.2) is 18.2 Å². The van der Waals surface area contributed by atoms with Crippen LogP contribution in [0.2, 0.25) is 0 Å². The third-order valence-electron chi connectivity index (χ3n) is 2.93. The number of carboxylic acids is 1. The van der Waals surface area contributed by atoms with Gasteiger partial charge in [0.25, 0.3) is 0 Å². The highest BCUT2D eigenvalue weighted by Gasteiger charge is 2.16. The van der Waals surface area contributed by atoms with Crippen LogP contribution in [0.5, 0.6) is 5.75 Å². The van der Waals surface area contributed by atoms with Gasteiger partial charge in [-0.1, -0.05) is 6.07 Å². The highest BCUT2D eigenvalue weighted by atomic mass is 19.1. The summed E-state index contributed by atoms with van der Waals surface area (Å²) < 4.78 is 19.3. The fraction of sp³-hybridized carbons (Fsp3) is 0.462. The van der Waals surface area contributed by atoms with Crippen molar-refractivity contribution in [1.29, 1.82) is 0 Å². The predicted molar refractivity (Wildman–Crippen MR) is 64.3 cm³/mol. The van der Waals surface area contributed by atoms with Crippen molar-refractivity contribution >= 4 is 5.97 Å². The fourth-order valence-electron chi connectivity index (χ4n) is 2.02. The molecule has 4 nitrogen and oxygen atoms in total. The van der Waals surface area contributed by atoms with Gasteiger partial charge in [0.15, 0.2) is 11.6 Å². The zero-order valence-corrected chi connectivity index (χ0v) is 9.99. The second-order valence-corrected chi connectivity index (χ2v) is 4.40. The molecule has 1 fully saturated rings. The number of aliphatic carboxylic acids is 1. The molecule has 1 aromatic rings. The number of rotatable bonds is 4. The highest BCUT2D eigenvalue weighted by Crippen LogP contribution is 2.22. The Morgan fingerprint density at radius 1 is 1.44 bits per heavy atom. The SMILES string of the molecule is O=C(O)Cc1ccc(OC2CCNCC2)c(F)c1. The molecule has 0 saturated carbocycles. The Labute approximate surface area is 105 Å². The monoisotopic (exact) mass is 253 g/mol. The molecule has 98 valence electrons. The quantitative estimate of drug-likeness (QED) is 0.855. The van der Waals surface area contributed by atoms with E-state index in [1.54, 1.807) is 6.07 Å². The van der Waals surface area contributed by atoms with E-state index in [1.165, 1.54) is 12.1 Å². The molecule has 1 heterocycles. The largest absolute Gasteiger partial charge is 0.487 e. The van der Waals surface area contributed by atoms with E-state index in [1.807, 2.05) is 0 Å². The average Bonchev–Trinajstić information content (AvgIpc) is 2.33. The molecule has 5 heteroatoms. The topological polar surface area (TPSA) is 58.6 Å². The molecule has 1 aromatic carbocycles. The van der Waals surface area contributed by atoms with Crippen LogP contribution in [0.1, 0.15) is 18.4 Å². The number of ether oxygens (including phenoxy) is 1. The minimum absolute atomic E-state index is 0.0334. The van der Waals surface area contributed by atoms with Crippen LogP contribution < -0.4 is 10.1 Å². The molecule has 0 unspecified atom stereocenters. The Balaban J connectivity index is 2.02. The van der Waals surface area contributed by atoms with Crippen LogP contribution in [-0.4, -0.2) is 30.3 Å². The van der Waals surface area contributed by atoms with Crippen LogP contribution in [0.25, 0.3) is 0 Å². The first-order valence-electron chi connectivity index (χ1n) is 6.03. The third kappa shape index (κ3) is 3.43. The molecule has 2 N–H and O–H groups in total. The van der Waals surface area contributed by atoms with Crippen LogP contribution in [-0.2, 0) is 11.2 Å². The van der Waals surface area contributed by atoms with Gasteiger partial charge in [0.05, 0.1) is 6.42 Å². The number of halogens is 1. The lowest BCUT2D eigenvalue weighted by molar-refractivity contribution is -0.136. The fourth-order valence-corrected chi connectivity index (χ4v) is 2.02. The van der Waals surface area contributed by atoms with Crippen LogP contribution in [0, 0.1) is 5.82 Å². The zero-order chi connectivity index (χ0) is 13.0. The van der Waals surface area contributed by atoms with Crippen LogP contribution in [0.3, 0.4) is 0 Å². The lowest BCUT2D eigenvalue weighted by Gasteiger charge is -2.24. The number of carboxylic acid groups (broad SMARTS) is 1. The van der Waals surface area contributed by atoms with Crippen LogP contribution in [0.4, 0.5) is 4.39 Å². The molecular weight excluding hydrogens is 237 g/mol. The standard InChI is InChI=1S/C13H16FNO3/c14-11-7-9(8-13(16)17)1-2-12(11)18-10-3-5-15-6-4-10/h1-2,7,10,15H,3-6,8H2,(H,16,17). The number of benzene rings is 1. The first kappa shape index (κ1) is 12.8. The Hall–Kier alpha value is -1.62. The molecule has 1 aliphatic heterocycles. The Kier molecular flexibility index (Phi) is 4.15. The van der Waals surface area contributed by atoms with Crippen molar-refractivity contribution < 1.29 is 19.0 Å². The van der Waals surface area contributed by atoms with Gasteiger partial charge in [-0.15, -0.1) is 0 Å². The van der Waals surface area contributed by atoms with E-state index in [9.17, 15) is 9.18 Å². The smallest absolute Gasteiger partial charge is 0.307 e. The minimum atomic E-state index is -0.971. The molecule has 0 aliphatic carbocycles. The van der Waals surface area contributed by atoms with E-state index >= 15 is 0 Å². The normalized spacial score (nSPS) is 16.5. The second kappa shape index (κ2) is 5.82. The first-order chi connectivity index (χ1) is 8.65. The molecule has 18 heavy (non-hydrogen) atoms. The number of hydrogen-bond acceptors (Lipinski definition) is 3. The van der Waals surface area contributed by atoms with Crippen molar-refractivity contribution in [3.8, 4) is 5.75 Å². The molecule has 1 aliphatic rings. The Morgan fingerprint density at radius 3 is 2.78 bits per heavy atom. The van der Waals surface area contributed by atoms with E-state index in [-0.39, 0.29) is 18.3 Å². The summed E-state index contributed by atoms with van der Waals surface area (Å²) in [4.78, 5) is 10.5. The number of carbonyl (C=O) groups is 1. The summed E-state index contributed by atoms with van der Waals surface area (Å²) in [5, 5.41) is 11.8. The second-order valence-electron chi connectivity index (χ2n) is 4.40. The van der Waals surface area contributed by atoms with Crippen molar-refractivity contribution in [2.45, 2.75) is 25.4 Å². The van der Waals surface area contributed by atoms with Gasteiger partial charge in [0.1, 0.15) is 6.10 Å². The van der Waals surface area contributed by atoms with Crippen molar-refractivity contribution in [2.24, 2.45) is 0 Å². The van der Waals surface area contributed by atoms with Crippen molar-refractivity contribution in [3.63, 3.8) is 0 Å². The van der Waals surface area contributed by atoms with E-state index in [0.717, 1.165) is 25.9 Å². The Morgan fingerprint density at radius 2 is 2.17 bits per heavy atom. The van der Waals surface area contributed by atoms with Gasteiger partial charge < -0.3 is 15.2 Å². The number of piperidine rings is 1. The maximum absolute atomic E-state index is 13.7. The van der Waals surface area contributed by atoms with Gasteiger partial charge in [-0.2, -0.15) is 0 Å². The molecule has 1 saturated heterocycles. The summed E-state index contributed by atoms with van der Waals surface area (Å²) >= 11 is 0. The van der Waals surface area contributed by atoms with Gasteiger partial charge in [-0.25, -0.2) is 4.39 Å². The van der Waals surface area contributed by atoms with Gasteiger partial charge in [0, 0.05) is 0 Å². The van der Waals surface area contributed by atoms with Crippen molar-refractivity contribution in [2.75, 3.05) is 13.1 Å². The van der Waals surface area contributed by atoms with Gasteiger partial charge >= 0.3 is 5.97 Å². The number of nitrogens with one attached hydrogen (secondary N) is 1. The first-order valence-corrected chi connectivity index (χ1v) is 6.03. The summed E-state index contributed by atoms with van der Waals surface area (Å²) in [5.74, 6) is -1.26. The van der Waals surface area contributed by atoms with Gasteiger partial charge in [0.2, 0.25) is 0 Å². The molecule has 0 aromatic heterocycles. The van der Waals surface area contributed by atoms with E-state index in [0.29, 0.717) is 5.56 Å². The number of hydrogen-bond donors (Lipinski definition) is 2. The molecule has 0 atom stereocenters. The lowest BCUT2D eigenvalue weighted by atomic mass is 10.1. The molecule has 0 spiro atoms.